The van der Waals surface area contributed by atoms with E-state index in [4.69, 9.17) is 5.11 Å². The highest BCUT2D eigenvalue weighted by Gasteiger charge is 2.34. The number of aliphatic carboxylic acids is 1. The van der Waals surface area contributed by atoms with Gasteiger partial charge in [-0.2, -0.15) is 0 Å². The minimum absolute atomic E-state index is 0.189. The fraction of sp³-hybridized carbons (Fsp3) is 0.500. The minimum atomic E-state index is -0.916. The normalized spacial score (nSPS) is 17.8. The van der Waals surface area contributed by atoms with Gasteiger partial charge in [0.05, 0.1) is 0 Å². The Kier molecular flexibility index (Phi) is 4.83. The molecule has 114 valence electrons. The number of benzene rings is 1. The SMILES string of the molecule is CCN(CC)c1ccc(C(=O)N2CCC[C@@H]2C(=O)O)cc1. The van der Waals surface area contributed by atoms with Gasteiger partial charge in [0.25, 0.3) is 5.91 Å². The van der Waals surface area contributed by atoms with Crippen LogP contribution in [0.1, 0.15) is 37.0 Å². The first-order valence-electron chi connectivity index (χ1n) is 7.47. The largest absolute Gasteiger partial charge is 0.480 e. The average molecular weight is 290 g/mol. The number of anilines is 1. The Balaban J connectivity index is 2.15. The molecular formula is C16H22N2O3. The lowest BCUT2D eigenvalue weighted by atomic mass is 10.1. The fourth-order valence-electron chi connectivity index (χ4n) is 2.84. The maximum absolute atomic E-state index is 12.4. The topological polar surface area (TPSA) is 60.9 Å². The van der Waals surface area contributed by atoms with Gasteiger partial charge in [0, 0.05) is 30.9 Å². The van der Waals surface area contributed by atoms with Gasteiger partial charge in [0.15, 0.2) is 0 Å². The molecule has 1 aliphatic rings. The van der Waals surface area contributed by atoms with Crippen molar-refractivity contribution in [2.45, 2.75) is 32.7 Å². The maximum Gasteiger partial charge on any atom is 0.326 e. The summed E-state index contributed by atoms with van der Waals surface area (Å²) in [6.45, 7) is 6.52. The van der Waals surface area contributed by atoms with Crippen molar-refractivity contribution in [2.24, 2.45) is 0 Å². The average Bonchev–Trinajstić information content (AvgIpc) is 2.98. The van der Waals surface area contributed by atoms with Crippen LogP contribution in [0.15, 0.2) is 24.3 Å². The number of rotatable bonds is 5. The Labute approximate surface area is 125 Å². The maximum atomic E-state index is 12.4. The lowest BCUT2D eigenvalue weighted by Gasteiger charge is -2.23. The van der Waals surface area contributed by atoms with Gasteiger partial charge >= 0.3 is 5.97 Å². The number of hydrogen-bond donors (Lipinski definition) is 1. The van der Waals surface area contributed by atoms with Gasteiger partial charge in [0.2, 0.25) is 0 Å². The Hall–Kier alpha value is -2.04. The first kappa shape index (κ1) is 15.4. The van der Waals surface area contributed by atoms with Crippen molar-refractivity contribution in [3.63, 3.8) is 0 Å². The number of hydrogen-bond acceptors (Lipinski definition) is 3. The van der Waals surface area contributed by atoms with E-state index in [1.165, 1.54) is 4.90 Å². The van der Waals surface area contributed by atoms with Crippen LogP contribution in [0.5, 0.6) is 0 Å². The van der Waals surface area contributed by atoms with Crippen molar-refractivity contribution in [3.05, 3.63) is 29.8 Å². The van der Waals surface area contributed by atoms with Crippen LogP contribution in [0.3, 0.4) is 0 Å². The monoisotopic (exact) mass is 290 g/mol. The smallest absolute Gasteiger partial charge is 0.326 e. The number of carboxylic acid groups (broad SMARTS) is 1. The number of nitrogens with zero attached hydrogens (tertiary/aromatic N) is 2. The second kappa shape index (κ2) is 6.61. The van der Waals surface area contributed by atoms with E-state index >= 15 is 0 Å². The lowest BCUT2D eigenvalue weighted by molar-refractivity contribution is -0.141. The summed E-state index contributed by atoms with van der Waals surface area (Å²) in [5.74, 6) is -1.10. The molecule has 1 heterocycles. The van der Waals surface area contributed by atoms with Crippen LogP contribution in [0, 0.1) is 0 Å². The van der Waals surface area contributed by atoms with E-state index in [0.29, 0.717) is 18.5 Å². The van der Waals surface area contributed by atoms with Crippen LogP contribution >= 0.6 is 0 Å². The molecule has 1 saturated heterocycles. The molecule has 2 rings (SSSR count). The predicted octanol–water partition coefficient (Wildman–Crippen LogP) is 2.22. The lowest BCUT2D eigenvalue weighted by Crippen LogP contribution is -2.40. The molecule has 0 bridgehead atoms. The van der Waals surface area contributed by atoms with Gasteiger partial charge in [-0.15, -0.1) is 0 Å². The number of amides is 1. The zero-order chi connectivity index (χ0) is 15.4. The quantitative estimate of drug-likeness (QED) is 0.903. The molecule has 21 heavy (non-hydrogen) atoms. The van der Waals surface area contributed by atoms with E-state index in [1.807, 2.05) is 12.1 Å². The highest BCUT2D eigenvalue weighted by molar-refractivity contribution is 5.97. The minimum Gasteiger partial charge on any atom is -0.480 e. The third-order valence-electron chi connectivity index (χ3n) is 4.04. The molecule has 5 heteroatoms. The van der Waals surface area contributed by atoms with Crippen LogP contribution in [0.4, 0.5) is 5.69 Å². The Bertz CT molecular complexity index is 509. The van der Waals surface area contributed by atoms with Crippen molar-refractivity contribution < 1.29 is 14.7 Å². The Morgan fingerprint density at radius 2 is 1.86 bits per heavy atom. The second-order valence-corrected chi connectivity index (χ2v) is 5.21. The van der Waals surface area contributed by atoms with E-state index in [2.05, 4.69) is 18.7 Å². The Morgan fingerprint density at radius 3 is 2.38 bits per heavy atom. The molecule has 0 spiro atoms. The fourth-order valence-corrected chi connectivity index (χ4v) is 2.84. The number of carbonyl (C=O) groups excluding carboxylic acids is 1. The van der Waals surface area contributed by atoms with Crippen LogP contribution < -0.4 is 4.90 Å². The summed E-state index contributed by atoms with van der Waals surface area (Å²) in [6, 6.07) is 6.73. The van der Waals surface area contributed by atoms with Gasteiger partial charge in [0.1, 0.15) is 6.04 Å². The highest BCUT2D eigenvalue weighted by Crippen LogP contribution is 2.22. The Morgan fingerprint density at radius 1 is 1.24 bits per heavy atom. The summed E-state index contributed by atoms with van der Waals surface area (Å²) in [5.41, 5.74) is 1.63. The third-order valence-corrected chi connectivity index (χ3v) is 4.04. The summed E-state index contributed by atoms with van der Waals surface area (Å²) in [6.07, 6.45) is 1.29. The summed E-state index contributed by atoms with van der Waals surface area (Å²) in [4.78, 5) is 27.3. The first-order chi connectivity index (χ1) is 10.1. The molecule has 1 N–H and O–H groups in total. The van der Waals surface area contributed by atoms with E-state index in [9.17, 15) is 9.59 Å². The van der Waals surface area contributed by atoms with Gasteiger partial charge in [-0.1, -0.05) is 0 Å². The van der Waals surface area contributed by atoms with Crippen LogP contribution in [-0.4, -0.2) is 47.6 Å². The molecular weight excluding hydrogens is 268 g/mol. The molecule has 0 unspecified atom stereocenters. The van der Waals surface area contributed by atoms with Gasteiger partial charge in [-0.25, -0.2) is 4.79 Å². The molecule has 0 saturated carbocycles. The molecule has 1 amide bonds. The van der Waals surface area contributed by atoms with Crippen molar-refractivity contribution in [3.8, 4) is 0 Å². The zero-order valence-electron chi connectivity index (χ0n) is 12.6. The van der Waals surface area contributed by atoms with Crippen molar-refractivity contribution in [1.82, 2.24) is 4.90 Å². The van der Waals surface area contributed by atoms with Crippen molar-refractivity contribution in [1.29, 1.82) is 0 Å². The van der Waals surface area contributed by atoms with E-state index in [0.717, 1.165) is 25.2 Å². The first-order valence-corrected chi connectivity index (χ1v) is 7.47. The zero-order valence-corrected chi connectivity index (χ0v) is 12.6. The standard InChI is InChI=1S/C16H22N2O3/c1-3-17(4-2)13-9-7-12(8-10-13)15(19)18-11-5-6-14(18)16(20)21/h7-10,14H,3-6,11H2,1-2H3,(H,20,21)/t14-/m1/s1. The molecule has 5 nitrogen and oxygen atoms in total. The van der Waals surface area contributed by atoms with Crippen LogP contribution in [0.25, 0.3) is 0 Å². The molecule has 1 atom stereocenters. The van der Waals surface area contributed by atoms with Gasteiger partial charge < -0.3 is 14.9 Å². The van der Waals surface area contributed by atoms with Crippen LogP contribution in [-0.2, 0) is 4.79 Å². The third kappa shape index (κ3) is 3.17. The molecule has 1 aliphatic heterocycles. The summed E-state index contributed by atoms with van der Waals surface area (Å²) in [7, 11) is 0. The number of carbonyl (C=O) groups is 2. The molecule has 1 aromatic rings. The van der Waals surface area contributed by atoms with Crippen molar-refractivity contribution >= 4 is 17.6 Å². The molecule has 0 aliphatic carbocycles. The van der Waals surface area contributed by atoms with Gasteiger partial charge in [-0.05, 0) is 51.0 Å². The van der Waals surface area contributed by atoms with Gasteiger partial charge in [-0.3, -0.25) is 4.79 Å². The van der Waals surface area contributed by atoms with E-state index < -0.39 is 12.0 Å². The molecule has 1 fully saturated rings. The van der Waals surface area contributed by atoms with E-state index in [-0.39, 0.29) is 5.91 Å². The summed E-state index contributed by atoms with van der Waals surface area (Å²) >= 11 is 0. The van der Waals surface area contributed by atoms with Crippen LogP contribution in [0.2, 0.25) is 0 Å². The molecule has 0 aromatic heterocycles. The predicted molar refractivity (Wildman–Crippen MR) is 81.7 cm³/mol. The second-order valence-electron chi connectivity index (χ2n) is 5.21. The summed E-state index contributed by atoms with van der Waals surface area (Å²) in [5, 5.41) is 9.16. The number of likely N-dealkylation sites (tertiary alicyclic amines) is 1. The molecule has 1 aromatic carbocycles. The highest BCUT2D eigenvalue weighted by atomic mass is 16.4. The number of carboxylic acids is 1. The molecule has 0 radical (unpaired) electrons. The summed E-state index contributed by atoms with van der Waals surface area (Å²) < 4.78 is 0. The van der Waals surface area contributed by atoms with E-state index in [1.54, 1.807) is 12.1 Å². The van der Waals surface area contributed by atoms with Crippen molar-refractivity contribution in [2.75, 3.05) is 24.5 Å².